The number of benzene rings is 3. The summed E-state index contributed by atoms with van der Waals surface area (Å²) in [7, 11) is 0. The van der Waals surface area contributed by atoms with Crippen LogP contribution in [-0.2, 0) is 33.0 Å². The zero-order chi connectivity index (χ0) is 35.9. The number of carboxylic acid groups (broad SMARTS) is 1. The molecule has 0 aliphatic rings. The predicted octanol–water partition coefficient (Wildman–Crippen LogP) is 6.16. The molecule has 2 amide bonds. The molecular weight excluding hydrogens is 627 g/mol. The van der Waals surface area contributed by atoms with Gasteiger partial charge in [0.05, 0.1) is 5.69 Å². The van der Waals surface area contributed by atoms with E-state index in [0.29, 0.717) is 36.6 Å². The Balaban J connectivity index is 0.00000103. The van der Waals surface area contributed by atoms with Gasteiger partial charge in [-0.2, -0.15) is 13.2 Å². The summed E-state index contributed by atoms with van der Waals surface area (Å²) in [5, 5.41) is 13.0. The Morgan fingerprint density at radius 3 is 1.94 bits per heavy atom. The molecule has 0 aliphatic carbocycles. The smallest absolute Gasteiger partial charge is 0.489 e. The average molecular weight is 672 g/mol. The molecular formula is C35H44F3N5O5. The van der Waals surface area contributed by atoms with Gasteiger partial charge in [0.2, 0.25) is 11.8 Å². The normalized spacial score (nSPS) is 11.7. The standard InChI is InChI=1S/C33H43N5O3.C2HF3O2/c1-5-6-7-8-29(39)38-30(31(40)36-21-23-11-17-27(18-12-23)37-32(34)35)25-13-19-28(20-14-25)41-22-24-9-15-26(16-10-24)33(2,3)4;3-2(4,5)1(6)7/h9-20,30H,5-8,21-22H2,1-4H3,(H,36,40)(H,38,39)(H4,34,35,37);(H,6,7)/t30-;/m0./s1. The van der Waals surface area contributed by atoms with Crippen LogP contribution in [0.3, 0.4) is 0 Å². The van der Waals surface area contributed by atoms with Crippen LogP contribution in [0.2, 0.25) is 0 Å². The maximum atomic E-state index is 13.3. The van der Waals surface area contributed by atoms with Crippen molar-refractivity contribution in [2.75, 3.05) is 0 Å². The zero-order valence-corrected chi connectivity index (χ0v) is 27.6. The summed E-state index contributed by atoms with van der Waals surface area (Å²) in [5.41, 5.74) is 15.5. The quantitative estimate of drug-likeness (QED) is 0.0824. The number of unbranched alkanes of at least 4 members (excludes halogenated alkanes) is 2. The van der Waals surface area contributed by atoms with E-state index in [1.165, 1.54) is 5.56 Å². The van der Waals surface area contributed by atoms with E-state index in [1.54, 1.807) is 12.1 Å². The van der Waals surface area contributed by atoms with E-state index >= 15 is 0 Å². The van der Waals surface area contributed by atoms with Gasteiger partial charge in [-0.3, -0.25) is 9.59 Å². The Kier molecular flexibility index (Phi) is 14.9. The largest absolute Gasteiger partial charge is 0.490 e. The van der Waals surface area contributed by atoms with Gasteiger partial charge in [-0.05, 0) is 58.4 Å². The highest BCUT2D eigenvalue weighted by Crippen LogP contribution is 2.24. The second kappa shape index (κ2) is 18.3. The van der Waals surface area contributed by atoms with Gasteiger partial charge < -0.3 is 31.9 Å². The molecule has 7 N–H and O–H groups in total. The molecule has 0 aliphatic heterocycles. The highest BCUT2D eigenvalue weighted by Gasteiger charge is 2.38. The molecule has 260 valence electrons. The molecule has 3 rings (SSSR count). The summed E-state index contributed by atoms with van der Waals surface area (Å²) >= 11 is 0. The lowest BCUT2D eigenvalue weighted by Gasteiger charge is -2.20. The van der Waals surface area contributed by atoms with Crippen molar-refractivity contribution in [2.45, 2.75) is 84.2 Å². The summed E-state index contributed by atoms with van der Waals surface area (Å²) < 4.78 is 37.7. The first-order valence-corrected chi connectivity index (χ1v) is 15.4. The Bertz CT molecular complexity index is 1500. The van der Waals surface area contributed by atoms with Crippen molar-refractivity contribution in [3.05, 3.63) is 95.1 Å². The van der Waals surface area contributed by atoms with Gasteiger partial charge in [-0.25, -0.2) is 9.79 Å². The summed E-state index contributed by atoms with van der Waals surface area (Å²) in [6, 6.07) is 22.1. The molecule has 0 heterocycles. The molecule has 0 saturated heterocycles. The fourth-order valence-corrected chi connectivity index (χ4v) is 4.22. The number of nitrogens with one attached hydrogen (secondary N) is 2. The van der Waals surface area contributed by atoms with Gasteiger partial charge in [0.15, 0.2) is 5.96 Å². The number of halogens is 3. The van der Waals surface area contributed by atoms with E-state index in [-0.39, 0.29) is 23.2 Å². The molecule has 3 aromatic carbocycles. The number of hydrogen-bond acceptors (Lipinski definition) is 5. The third kappa shape index (κ3) is 14.1. The number of nitrogens with zero attached hydrogens (tertiary/aromatic N) is 1. The molecule has 0 aromatic heterocycles. The van der Waals surface area contributed by atoms with Crippen LogP contribution in [0.15, 0.2) is 77.8 Å². The van der Waals surface area contributed by atoms with Crippen molar-refractivity contribution in [3.8, 4) is 5.75 Å². The van der Waals surface area contributed by atoms with Crippen LogP contribution in [0, 0.1) is 0 Å². The molecule has 0 fully saturated rings. The Hall–Kier alpha value is -5.07. The molecule has 3 aromatic rings. The summed E-state index contributed by atoms with van der Waals surface area (Å²) in [4.78, 5) is 38.8. The molecule has 1 atom stereocenters. The number of nitrogens with two attached hydrogens (primary N) is 2. The van der Waals surface area contributed by atoms with Gasteiger partial charge in [-0.1, -0.05) is 89.1 Å². The van der Waals surface area contributed by atoms with Crippen molar-refractivity contribution in [3.63, 3.8) is 0 Å². The van der Waals surface area contributed by atoms with E-state index in [2.05, 4.69) is 67.6 Å². The SMILES string of the molecule is CCCCCC(=O)N[C@H](C(=O)NCc1ccc(N=C(N)N)cc1)c1ccc(OCc2ccc(C(C)(C)C)cc2)cc1.O=C(O)C(F)(F)F. The highest BCUT2D eigenvalue weighted by atomic mass is 19.4. The minimum absolute atomic E-state index is 0.0188. The monoisotopic (exact) mass is 671 g/mol. The lowest BCUT2D eigenvalue weighted by molar-refractivity contribution is -0.192. The zero-order valence-electron chi connectivity index (χ0n) is 27.6. The van der Waals surface area contributed by atoms with Gasteiger partial charge in [0.25, 0.3) is 0 Å². The van der Waals surface area contributed by atoms with Crippen LogP contribution >= 0.6 is 0 Å². The van der Waals surface area contributed by atoms with Crippen molar-refractivity contribution >= 4 is 29.4 Å². The molecule has 0 unspecified atom stereocenters. The maximum absolute atomic E-state index is 13.3. The summed E-state index contributed by atoms with van der Waals surface area (Å²) in [6.07, 6.45) is -1.95. The number of hydrogen-bond donors (Lipinski definition) is 5. The second-order valence-electron chi connectivity index (χ2n) is 12.0. The first-order valence-electron chi connectivity index (χ1n) is 15.4. The van der Waals surface area contributed by atoms with E-state index in [0.717, 1.165) is 30.4 Å². The summed E-state index contributed by atoms with van der Waals surface area (Å²) in [5.74, 6) is -2.54. The van der Waals surface area contributed by atoms with Crippen LogP contribution < -0.4 is 26.8 Å². The number of guanidine groups is 1. The van der Waals surface area contributed by atoms with Crippen molar-refractivity contribution < 1.29 is 37.4 Å². The number of carbonyl (C=O) groups excluding carboxylic acids is 2. The topological polar surface area (TPSA) is 169 Å². The third-order valence-electron chi connectivity index (χ3n) is 6.92. The number of rotatable bonds is 13. The summed E-state index contributed by atoms with van der Waals surface area (Å²) in [6.45, 7) is 9.38. The van der Waals surface area contributed by atoms with Crippen LogP contribution in [-0.4, -0.2) is 35.0 Å². The van der Waals surface area contributed by atoms with E-state index in [9.17, 15) is 22.8 Å². The molecule has 0 bridgehead atoms. The van der Waals surface area contributed by atoms with Crippen LogP contribution in [0.5, 0.6) is 5.75 Å². The van der Waals surface area contributed by atoms with Crippen LogP contribution in [0.1, 0.15) is 81.7 Å². The van der Waals surface area contributed by atoms with Gasteiger partial charge in [0, 0.05) is 13.0 Å². The van der Waals surface area contributed by atoms with Gasteiger partial charge in [-0.15, -0.1) is 0 Å². The Morgan fingerprint density at radius 2 is 1.44 bits per heavy atom. The van der Waals surface area contributed by atoms with Crippen LogP contribution in [0.4, 0.5) is 18.9 Å². The minimum Gasteiger partial charge on any atom is -0.489 e. The van der Waals surface area contributed by atoms with E-state index < -0.39 is 18.2 Å². The molecule has 10 nitrogen and oxygen atoms in total. The molecule has 48 heavy (non-hydrogen) atoms. The highest BCUT2D eigenvalue weighted by molar-refractivity contribution is 5.88. The molecule has 0 radical (unpaired) electrons. The Labute approximate surface area is 278 Å². The van der Waals surface area contributed by atoms with Gasteiger partial charge >= 0.3 is 12.1 Å². The fourth-order valence-electron chi connectivity index (χ4n) is 4.22. The number of aliphatic imine (C=N–C) groups is 1. The second-order valence-corrected chi connectivity index (χ2v) is 12.0. The predicted molar refractivity (Wildman–Crippen MR) is 178 cm³/mol. The number of aliphatic carboxylic acids is 1. The van der Waals surface area contributed by atoms with E-state index in [4.69, 9.17) is 26.1 Å². The number of alkyl halides is 3. The van der Waals surface area contributed by atoms with Gasteiger partial charge in [0.1, 0.15) is 18.4 Å². The average Bonchev–Trinajstić information content (AvgIpc) is 3.02. The maximum Gasteiger partial charge on any atom is 0.490 e. The number of ether oxygens (including phenoxy) is 1. The van der Waals surface area contributed by atoms with Crippen LogP contribution in [0.25, 0.3) is 0 Å². The third-order valence-corrected chi connectivity index (χ3v) is 6.92. The first kappa shape index (κ1) is 39.1. The van der Waals surface area contributed by atoms with Crippen molar-refractivity contribution in [1.29, 1.82) is 0 Å². The number of carbonyl (C=O) groups is 3. The minimum atomic E-state index is -5.08. The number of amides is 2. The molecule has 13 heteroatoms. The first-order chi connectivity index (χ1) is 22.5. The van der Waals surface area contributed by atoms with Crippen molar-refractivity contribution in [2.24, 2.45) is 16.5 Å². The lowest BCUT2D eigenvalue weighted by atomic mass is 9.87. The number of carboxylic acids is 1. The molecule has 0 saturated carbocycles. The lowest BCUT2D eigenvalue weighted by Crippen LogP contribution is -2.40. The van der Waals surface area contributed by atoms with Crippen molar-refractivity contribution in [1.82, 2.24) is 10.6 Å². The van der Waals surface area contributed by atoms with E-state index in [1.807, 2.05) is 36.4 Å². The molecule has 0 spiro atoms. The Morgan fingerprint density at radius 1 is 0.875 bits per heavy atom. The fraction of sp³-hybridized carbons (Fsp3) is 0.371.